The summed E-state index contributed by atoms with van der Waals surface area (Å²) in [6, 6.07) is 0. The van der Waals surface area contributed by atoms with E-state index in [0.717, 1.165) is 0 Å². The molecule has 1 aliphatic rings. The van der Waals surface area contributed by atoms with Crippen molar-refractivity contribution in [3.05, 3.63) is 0 Å². The van der Waals surface area contributed by atoms with Crippen LogP contribution in [0.15, 0.2) is 0 Å². The Morgan fingerprint density at radius 2 is 2.05 bits per heavy atom. The van der Waals surface area contributed by atoms with E-state index in [1.54, 1.807) is 18.7 Å². The Balaban J connectivity index is 2.61. The Morgan fingerprint density at radius 3 is 2.47 bits per heavy atom. The lowest BCUT2D eigenvalue weighted by molar-refractivity contribution is 0.157. The molecule has 19 heavy (non-hydrogen) atoms. The first-order valence-corrected chi connectivity index (χ1v) is 8.75. The molecular weight excluding hydrogens is 290 g/mol. The number of hydrogen-bond donors (Lipinski definition) is 2. The highest BCUT2D eigenvalue weighted by Gasteiger charge is 2.37. The molecule has 0 saturated carbocycles. The summed E-state index contributed by atoms with van der Waals surface area (Å²) in [7, 11) is -3.81. The Morgan fingerprint density at radius 1 is 1.47 bits per heavy atom. The van der Waals surface area contributed by atoms with Crippen molar-refractivity contribution in [3.8, 4) is 0 Å². The van der Waals surface area contributed by atoms with Gasteiger partial charge in [-0.25, -0.2) is 9.52 Å². The lowest BCUT2D eigenvalue weighted by Crippen LogP contribution is -2.52. The number of thioether (sulfide) groups is 1. The molecule has 0 aromatic carbocycles. The average molecular weight is 311 g/mol. The van der Waals surface area contributed by atoms with Crippen LogP contribution in [0.2, 0.25) is 0 Å². The van der Waals surface area contributed by atoms with E-state index in [9.17, 15) is 13.2 Å². The standard InChI is InChI=1S/C10H21N3O4S2/c1-3-17-9(14)12-19(15,16)13-6-4-10(8-11,18-2)5-7-13/h3-8,11H2,1-2H3,(H,12,14). The van der Waals surface area contributed by atoms with Gasteiger partial charge in [-0.1, -0.05) is 0 Å². The second-order valence-corrected chi connectivity index (χ2v) is 7.26. The van der Waals surface area contributed by atoms with E-state index in [1.165, 1.54) is 4.31 Å². The molecule has 0 radical (unpaired) electrons. The highest BCUT2D eigenvalue weighted by molar-refractivity contribution is 8.00. The van der Waals surface area contributed by atoms with Crippen LogP contribution in [0.1, 0.15) is 19.8 Å². The highest BCUT2D eigenvalue weighted by atomic mass is 32.2. The minimum absolute atomic E-state index is 0.0596. The van der Waals surface area contributed by atoms with Crippen LogP contribution in [0.25, 0.3) is 0 Å². The Bertz CT molecular complexity index is 399. The summed E-state index contributed by atoms with van der Waals surface area (Å²) in [6.45, 7) is 2.97. The highest BCUT2D eigenvalue weighted by Crippen LogP contribution is 2.33. The topological polar surface area (TPSA) is 102 Å². The van der Waals surface area contributed by atoms with Crippen molar-refractivity contribution in [3.63, 3.8) is 0 Å². The second kappa shape index (κ2) is 6.78. The van der Waals surface area contributed by atoms with E-state index in [1.807, 2.05) is 11.0 Å². The van der Waals surface area contributed by atoms with Gasteiger partial charge >= 0.3 is 16.3 Å². The number of rotatable bonds is 5. The third kappa shape index (κ3) is 4.23. The van der Waals surface area contributed by atoms with Crippen LogP contribution < -0.4 is 10.5 Å². The summed E-state index contributed by atoms with van der Waals surface area (Å²) in [6.07, 6.45) is 2.39. The smallest absolute Gasteiger partial charge is 0.421 e. The lowest BCUT2D eigenvalue weighted by Gasteiger charge is -2.39. The predicted octanol–water partition coefficient (Wildman–Crippen LogP) is 0.134. The predicted molar refractivity (Wildman–Crippen MR) is 75.2 cm³/mol. The fraction of sp³-hybridized carbons (Fsp3) is 0.900. The quantitative estimate of drug-likeness (QED) is 0.748. The van der Waals surface area contributed by atoms with Gasteiger partial charge in [-0.15, -0.1) is 0 Å². The summed E-state index contributed by atoms with van der Waals surface area (Å²) in [5.74, 6) is 0. The molecule has 1 fully saturated rings. The van der Waals surface area contributed by atoms with Crippen LogP contribution in [-0.2, 0) is 14.9 Å². The molecule has 3 N–H and O–H groups in total. The van der Waals surface area contributed by atoms with Crippen molar-refractivity contribution >= 4 is 28.1 Å². The zero-order valence-corrected chi connectivity index (χ0v) is 12.8. The molecule has 0 unspecified atom stereocenters. The van der Waals surface area contributed by atoms with Gasteiger partial charge in [0.25, 0.3) is 0 Å². The number of ether oxygens (including phenoxy) is 1. The van der Waals surface area contributed by atoms with Crippen molar-refractivity contribution in [1.29, 1.82) is 0 Å². The number of hydrogen-bond acceptors (Lipinski definition) is 6. The van der Waals surface area contributed by atoms with E-state index in [4.69, 9.17) is 5.73 Å². The molecule has 1 saturated heterocycles. The van der Waals surface area contributed by atoms with E-state index in [0.29, 0.717) is 32.5 Å². The molecule has 1 amide bonds. The van der Waals surface area contributed by atoms with Gasteiger partial charge in [0.05, 0.1) is 6.61 Å². The van der Waals surface area contributed by atoms with E-state index in [-0.39, 0.29) is 11.4 Å². The minimum Gasteiger partial charge on any atom is -0.449 e. The first-order chi connectivity index (χ1) is 8.89. The lowest BCUT2D eigenvalue weighted by atomic mass is 9.97. The van der Waals surface area contributed by atoms with Gasteiger partial charge in [-0.2, -0.15) is 24.5 Å². The molecule has 1 heterocycles. The molecular formula is C10H21N3O4S2. The van der Waals surface area contributed by atoms with Gasteiger partial charge in [0.15, 0.2) is 0 Å². The molecule has 0 aromatic rings. The van der Waals surface area contributed by atoms with Gasteiger partial charge < -0.3 is 10.5 Å². The molecule has 1 aliphatic heterocycles. The van der Waals surface area contributed by atoms with Crippen molar-refractivity contribution in [2.45, 2.75) is 24.5 Å². The maximum Gasteiger partial charge on any atom is 0.421 e. The summed E-state index contributed by atoms with van der Waals surface area (Å²) >= 11 is 1.67. The Labute approximate surface area is 118 Å². The Kier molecular flexibility index (Phi) is 5.90. The van der Waals surface area contributed by atoms with Crippen LogP contribution in [0.5, 0.6) is 0 Å². The minimum atomic E-state index is -3.81. The van der Waals surface area contributed by atoms with Gasteiger partial charge in [0.1, 0.15) is 0 Å². The molecule has 0 atom stereocenters. The van der Waals surface area contributed by atoms with Gasteiger partial charge in [0.2, 0.25) is 0 Å². The number of nitrogens with zero attached hydrogens (tertiary/aromatic N) is 1. The number of piperidine rings is 1. The summed E-state index contributed by atoms with van der Waals surface area (Å²) in [4.78, 5) is 11.2. The number of carbonyl (C=O) groups is 1. The van der Waals surface area contributed by atoms with Crippen LogP contribution in [0.3, 0.4) is 0 Å². The molecule has 0 aliphatic carbocycles. The first kappa shape index (κ1) is 16.5. The average Bonchev–Trinajstić information content (AvgIpc) is 2.38. The zero-order chi connectivity index (χ0) is 14.5. The van der Waals surface area contributed by atoms with Crippen LogP contribution in [0.4, 0.5) is 4.79 Å². The fourth-order valence-electron chi connectivity index (χ4n) is 1.96. The van der Waals surface area contributed by atoms with Crippen LogP contribution in [0, 0.1) is 0 Å². The summed E-state index contributed by atoms with van der Waals surface area (Å²) in [5.41, 5.74) is 5.74. The van der Waals surface area contributed by atoms with Crippen molar-refractivity contribution in [2.24, 2.45) is 5.73 Å². The van der Waals surface area contributed by atoms with E-state index >= 15 is 0 Å². The SMILES string of the molecule is CCOC(=O)NS(=O)(=O)N1CCC(CN)(SC)CC1. The van der Waals surface area contributed by atoms with Crippen LogP contribution in [-0.4, -0.2) is 56.1 Å². The maximum atomic E-state index is 11.9. The molecule has 0 spiro atoms. The fourth-order valence-corrected chi connectivity index (χ4v) is 3.78. The van der Waals surface area contributed by atoms with Gasteiger partial charge in [-0.3, -0.25) is 0 Å². The molecule has 7 nitrogen and oxygen atoms in total. The molecule has 1 rings (SSSR count). The largest absolute Gasteiger partial charge is 0.449 e. The third-order valence-electron chi connectivity index (χ3n) is 3.27. The van der Waals surface area contributed by atoms with Crippen molar-refractivity contribution in [1.82, 2.24) is 9.03 Å². The second-order valence-electron chi connectivity index (χ2n) is 4.32. The Hall–Kier alpha value is -0.510. The first-order valence-electron chi connectivity index (χ1n) is 6.09. The number of nitrogens with one attached hydrogen (secondary N) is 1. The normalized spacial score (nSPS) is 19.9. The summed E-state index contributed by atoms with van der Waals surface area (Å²) in [5, 5.41) is 0. The van der Waals surface area contributed by atoms with E-state index < -0.39 is 16.3 Å². The van der Waals surface area contributed by atoms with Gasteiger partial charge in [0, 0.05) is 24.4 Å². The molecule has 9 heteroatoms. The zero-order valence-electron chi connectivity index (χ0n) is 11.2. The maximum absolute atomic E-state index is 11.9. The van der Waals surface area contributed by atoms with Crippen molar-refractivity contribution in [2.75, 3.05) is 32.5 Å². The number of nitrogens with two attached hydrogens (primary N) is 1. The molecule has 112 valence electrons. The van der Waals surface area contributed by atoms with Gasteiger partial charge in [-0.05, 0) is 26.0 Å². The van der Waals surface area contributed by atoms with Crippen molar-refractivity contribution < 1.29 is 17.9 Å². The number of amides is 1. The summed E-state index contributed by atoms with van der Waals surface area (Å²) < 4.78 is 31.5. The van der Waals surface area contributed by atoms with Crippen LogP contribution >= 0.6 is 11.8 Å². The van der Waals surface area contributed by atoms with E-state index in [2.05, 4.69) is 4.74 Å². The number of carbonyl (C=O) groups excluding carboxylic acids is 1. The third-order valence-corrected chi connectivity index (χ3v) is 6.18. The monoisotopic (exact) mass is 311 g/mol. The molecule has 0 aromatic heterocycles. The molecule has 0 bridgehead atoms.